The van der Waals surface area contributed by atoms with Gasteiger partial charge in [-0.25, -0.2) is 0 Å². The lowest BCUT2D eigenvalue weighted by Crippen LogP contribution is -2.29. The number of nitrogens with zero attached hydrogens (tertiary/aromatic N) is 1. The lowest BCUT2D eigenvalue weighted by molar-refractivity contribution is -0.132. The number of carbonyl (C=O) groups is 2. The van der Waals surface area contributed by atoms with Crippen LogP contribution in [0.2, 0.25) is 0 Å². The van der Waals surface area contributed by atoms with Crippen LogP contribution in [0, 0.1) is 6.92 Å². The predicted molar refractivity (Wildman–Crippen MR) is 120 cm³/mol. The number of aryl methyl sites for hydroxylation is 1. The SMILES string of the molecule is COc1cccc(/C(O)=C2/C(=O)C(=O)N(c3cccc(OC)c3)C2c2sccc2C)c1. The van der Waals surface area contributed by atoms with Gasteiger partial charge in [0, 0.05) is 22.2 Å². The number of aliphatic hydroxyl groups excluding tert-OH is 1. The molecule has 158 valence electrons. The van der Waals surface area contributed by atoms with E-state index in [-0.39, 0.29) is 11.3 Å². The molecule has 0 radical (unpaired) electrons. The van der Waals surface area contributed by atoms with Gasteiger partial charge in [0.15, 0.2) is 0 Å². The fourth-order valence-corrected chi connectivity index (χ4v) is 4.72. The number of aliphatic hydroxyl groups is 1. The van der Waals surface area contributed by atoms with Crippen molar-refractivity contribution in [1.82, 2.24) is 0 Å². The lowest BCUT2D eigenvalue weighted by Gasteiger charge is -2.25. The van der Waals surface area contributed by atoms with Crippen LogP contribution in [0.15, 0.2) is 65.6 Å². The van der Waals surface area contributed by atoms with Crippen LogP contribution in [0.5, 0.6) is 11.5 Å². The average Bonchev–Trinajstić information content (AvgIpc) is 3.33. The Morgan fingerprint density at radius 3 is 2.32 bits per heavy atom. The number of ether oxygens (including phenoxy) is 2. The molecule has 1 aliphatic rings. The van der Waals surface area contributed by atoms with Crippen molar-refractivity contribution in [2.24, 2.45) is 0 Å². The number of ketones is 1. The lowest BCUT2D eigenvalue weighted by atomic mass is 9.98. The summed E-state index contributed by atoms with van der Waals surface area (Å²) in [6.07, 6.45) is 0. The molecule has 1 amide bonds. The fourth-order valence-electron chi connectivity index (χ4n) is 3.70. The molecule has 1 N–H and O–H groups in total. The molecule has 0 saturated carbocycles. The zero-order valence-corrected chi connectivity index (χ0v) is 18.1. The van der Waals surface area contributed by atoms with E-state index in [1.54, 1.807) is 48.5 Å². The molecule has 0 bridgehead atoms. The highest BCUT2D eigenvalue weighted by Gasteiger charge is 2.48. The minimum absolute atomic E-state index is 0.0478. The molecular formula is C24H21NO5S. The molecule has 4 rings (SSSR count). The van der Waals surface area contributed by atoms with Gasteiger partial charge >= 0.3 is 0 Å². The first-order valence-corrected chi connectivity index (χ1v) is 10.5. The molecule has 1 unspecified atom stereocenters. The highest BCUT2D eigenvalue weighted by molar-refractivity contribution is 7.10. The predicted octanol–water partition coefficient (Wildman–Crippen LogP) is 4.70. The second-order valence-electron chi connectivity index (χ2n) is 7.07. The number of rotatable bonds is 5. The van der Waals surface area contributed by atoms with Gasteiger partial charge in [0.1, 0.15) is 23.3 Å². The first kappa shape index (κ1) is 20.7. The normalized spacial score (nSPS) is 17.8. The van der Waals surface area contributed by atoms with Gasteiger partial charge in [-0.15, -0.1) is 11.3 Å². The van der Waals surface area contributed by atoms with E-state index in [1.165, 1.54) is 30.5 Å². The second-order valence-corrected chi connectivity index (χ2v) is 8.02. The Kier molecular flexibility index (Phi) is 5.52. The Balaban J connectivity index is 1.95. The number of Topliss-reactive ketones (excluding diaryl/α,β-unsaturated/α-hetero) is 1. The van der Waals surface area contributed by atoms with Crippen molar-refractivity contribution in [2.45, 2.75) is 13.0 Å². The quantitative estimate of drug-likeness (QED) is 0.357. The molecular weight excluding hydrogens is 414 g/mol. The molecule has 3 aromatic rings. The molecule has 7 heteroatoms. The van der Waals surface area contributed by atoms with Crippen molar-refractivity contribution in [3.05, 3.63) is 81.6 Å². The largest absolute Gasteiger partial charge is 0.507 e. The van der Waals surface area contributed by atoms with Crippen LogP contribution in [-0.4, -0.2) is 31.0 Å². The highest BCUT2D eigenvalue weighted by atomic mass is 32.1. The van der Waals surface area contributed by atoms with Crippen molar-refractivity contribution in [1.29, 1.82) is 0 Å². The van der Waals surface area contributed by atoms with Crippen molar-refractivity contribution in [3.63, 3.8) is 0 Å². The summed E-state index contributed by atoms with van der Waals surface area (Å²) < 4.78 is 10.5. The molecule has 31 heavy (non-hydrogen) atoms. The van der Waals surface area contributed by atoms with Crippen LogP contribution in [0.25, 0.3) is 5.76 Å². The van der Waals surface area contributed by atoms with Crippen LogP contribution in [0.1, 0.15) is 22.0 Å². The summed E-state index contributed by atoms with van der Waals surface area (Å²) in [5.74, 6) is -0.569. The minimum Gasteiger partial charge on any atom is -0.507 e. The molecule has 1 aromatic heterocycles. The number of benzene rings is 2. The Hall–Kier alpha value is -3.58. The van der Waals surface area contributed by atoms with Gasteiger partial charge in [0.05, 0.1) is 19.8 Å². The smallest absolute Gasteiger partial charge is 0.300 e. The van der Waals surface area contributed by atoms with Gasteiger partial charge in [-0.1, -0.05) is 18.2 Å². The van der Waals surface area contributed by atoms with Crippen LogP contribution in [0.4, 0.5) is 5.69 Å². The molecule has 0 spiro atoms. The summed E-state index contributed by atoms with van der Waals surface area (Å²) in [4.78, 5) is 28.6. The number of thiophene rings is 1. The van der Waals surface area contributed by atoms with E-state index in [4.69, 9.17) is 9.47 Å². The fraction of sp³-hybridized carbons (Fsp3) is 0.167. The van der Waals surface area contributed by atoms with E-state index in [9.17, 15) is 14.7 Å². The molecule has 1 fully saturated rings. The zero-order valence-electron chi connectivity index (χ0n) is 17.3. The van der Waals surface area contributed by atoms with E-state index in [1.807, 2.05) is 18.4 Å². The van der Waals surface area contributed by atoms with Crippen molar-refractivity contribution in [3.8, 4) is 11.5 Å². The third-order valence-electron chi connectivity index (χ3n) is 5.27. The molecule has 1 saturated heterocycles. The van der Waals surface area contributed by atoms with Crippen molar-refractivity contribution >= 4 is 34.5 Å². The minimum atomic E-state index is -0.752. The monoisotopic (exact) mass is 435 g/mol. The van der Waals surface area contributed by atoms with Crippen LogP contribution in [-0.2, 0) is 9.59 Å². The van der Waals surface area contributed by atoms with Gasteiger partial charge in [0.2, 0.25) is 0 Å². The zero-order chi connectivity index (χ0) is 22.1. The maximum Gasteiger partial charge on any atom is 0.300 e. The number of hydrogen-bond donors (Lipinski definition) is 1. The van der Waals surface area contributed by atoms with Crippen LogP contribution in [0.3, 0.4) is 0 Å². The van der Waals surface area contributed by atoms with Gasteiger partial charge in [-0.2, -0.15) is 0 Å². The Morgan fingerprint density at radius 2 is 1.68 bits per heavy atom. The number of anilines is 1. The number of methoxy groups -OCH3 is 2. The Labute approximate surface area is 184 Å². The molecule has 1 atom stereocenters. The molecule has 6 nitrogen and oxygen atoms in total. The van der Waals surface area contributed by atoms with Crippen LogP contribution >= 0.6 is 11.3 Å². The topological polar surface area (TPSA) is 76.1 Å². The van der Waals surface area contributed by atoms with Gasteiger partial charge in [-0.05, 0) is 48.2 Å². The summed E-state index contributed by atoms with van der Waals surface area (Å²) in [5.41, 5.74) is 1.90. The van der Waals surface area contributed by atoms with E-state index in [2.05, 4.69) is 0 Å². The number of carbonyl (C=O) groups excluding carboxylic acids is 2. The Morgan fingerprint density at radius 1 is 1.00 bits per heavy atom. The third kappa shape index (κ3) is 3.57. The van der Waals surface area contributed by atoms with Crippen molar-refractivity contribution < 1.29 is 24.2 Å². The van der Waals surface area contributed by atoms with E-state index < -0.39 is 17.7 Å². The first-order chi connectivity index (χ1) is 15.0. The number of amides is 1. The summed E-state index contributed by atoms with van der Waals surface area (Å²) in [6, 6.07) is 14.9. The maximum absolute atomic E-state index is 13.2. The second kappa shape index (κ2) is 8.28. The molecule has 2 heterocycles. The summed E-state index contributed by atoms with van der Waals surface area (Å²) >= 11 is 1.44. The summed E-state index contributed by atoms with van der Waals surface area (Å²) in [7, 11) is 3.06. The van der Waals surface area contributed by atoms with E-state index in [0.29, 0.717) is 22.7 Å². The average molecular weight is 436 g/mol. The van der Waals surface area contributed by atoms with E-state index >= 15 is 0 Å². The summed E-state index contributed by atoms with van der Waals surface area (Å²) in [6.45, 7) is 1.92. The summed E-state index contributed by atoms with van der Waals surface area (Å²) in [5, 5.41) is 13.1. The van der Waals surface area contributed by atoms with Gasteiger partial charge < -0.3 is 14.6 Å². The molecule has 1 aliphatic heterocycles. The number of hydrogen-bond acceptors (Lipinski definition) is 6. The molecule has 2 aromatic carbocycles. The highest BCUT2D eigenvalue weighted by Crippen LogP contribution is 2.45. The first-order valence-electron chi connectivity index (χ1n) is 9.59. The maximum atomic E-state index is 13.2. The van der Waals surface area contributed by atoms with Crippen molar-refractivity contribution in [2.75, 3.05) is 19.1 Å². The standard InChI is InChI=1S/C24H21NO5S/c1-14-10-11-31-23(14)20-19(21(26)15-6-4-8-17(12-15)29-2)22(27)24(28)25(20)16-7-5-9-18(13-16)30-3/h4-13,20,26H,1-3H3/b21-19-. The Bertz CT molecular complexity index is 1200. The van der Waals surface area contributed by atoms with E-state index in [0.717, 1.165) is 10.4 Å². The molecule has 0 aliphatic carbocycles. The van der Waals surface area contributed by atoms with Crippen LogP contribution < -0.4 is 14.4 Å². The van der Waals surface area contributed by atoms with Gasteiger partial charge in [0.25, 0.3) is 11.7 Å². The third-order valence-corrected chi connectivity index (χ3v) is 6.34. The van der Waals surface area contributed by atoms with Gasteiger partial charge in [-0.3, -0.25) is 14.5 Å².